The van der Waals surface area contributed by atoms with Gasteiger partial charge in [-0.1, -0.05) is 15.9 Å². The van der Waals surface area contributed by atoms with Crippen LogP contribution in [0.5, 0.6) is 0 Å². The van der Waals surface area contributed by atoms with Gasteiger partial charge in [-0.3, -0.25) is 4.79 Å². The van der Waals surface area contributed by atoms with Crippen LogP contribution in [0, 0.1) is 5.82 Å². The summed E-state index contributed by atoms with van der Waals surface area (Å²) >= 11 is 3.16. The third-order valence-corrected chi connectivity index (χ3v) is 2.05. The van der Waals surface area contributed by atoms with Crippen LogP contribution in [0.2, 0.25) is 0 Å². The lowest BCUT2D eigenvalue weighted by molar-refractivity contribution is -0.118. The molecule has 0 fully saturated rings. The molecule has 0 heterocycles. The van der Waals surface area contributed by atoms with Gasteiger partial charge in [-0.15, -0.1) is 0 Å². The van der Waals surface area contributed by atoms with Gasteiger partial charge in [0.2, 0.25) is 5.91 Å². The van der Waals surface area contributed by atoms with Crippen molar-refractivity contribution < 1.29 is 9.18 Å². The Balaban J connectivity index is 2.63. The number of hydrogen-bond donors (Lipinski definition) is 2. The Morgan fingerprint density at radius 1 is 1.50 bits per heavy atom. The molecule has 0 aliphatic heterocycles. The molecule has 0 aromatic heterocycles. The summed E-state index contributed by atoms with van der Waals surface area (Å²) in [5.41, 5.74) is 0.570. The summed E-state index contributed by atoms with van der Waals surface area (Å²) in [5, 5.41) is 5.25. The summed E-state index contributed by atoms with van der Waals surface area (Å²) in [6.45, 7) is 0.131. The summed E-state index contributed by atoms with van der Waals surface area (Å²) in [7, 11) is 1.55. The number of anilines is 1. The van der Waals surface area contributed by atoms with Crippen LogP contribution in [0.15, 0.2) is 22.7 Å². The van der Waals surface area contributed by atoms with Crippen molar-refractivity contribution in [1.29, 1.82) is 0 Å². The average molecular weight is 261 g/mol. The number of carbonyl (C=O) groups excluding carboxylic acids is 1. The number of likely N-dealkylation sites (N-methyl/N-ethyl adjacent to an activating group) is 1. The molecule has 0 radical (unpaired) electrons. The lowest BCUT2D eigenvalue weighted by atomic mass is 10.3. The van der Waals surface area contributed by atoms with Gasteiger partial charge >= 0.3 is 0 Å². The van der Waals surface area contributed by atoms with E-state index in [2.05, 4.69) is 26.6 Å². The van der Waals surface area contributed by atoms with Crippen LogP contribution < -0.4 is 10.6 Å². The van der Waals surface area contributed by atoms with Crippen molar-refractivity contribution in [1.82, 2.24) is 5.32 Å². The van der Waals surface area contributed by atoms with E-state index in [1.807, 2.05) is 0 Å². The van der Waals surface area contributed by atoms with Crippen molar-refractivity contribution in [3.8, 4) is 0 Å². The normalized spacial score (nSPS) is 9.64. The lowest BCUT2D eigenvalue weighted by Gasteiger charge is -2.05. The number of amides is 1. The van der Waals surface area contributed by atoms with Crippen LogP contribution in [0.1, 0.15) is 0 Å². The summed E-state index contributed by atoms with van der Waals surface area (Å²) in [6, 6.07) is 4.38. The van der Waals surface area contributed by atoms with Crippen molar-refractivity contribution in [2.45, 2.75) is 0 Å². The van der Waals surface area contributed by atoms with Crippen LogP contribution in [0.3, 0.4) is 0 Å². The van der Waals surface area contributed by atoms with Crippen molar-refractivity contribution in [3.05, 3.63) is 28.5 Å². The van der Waals surface area contributed by atoms with E-state index < -0.39 is 0 Å². The molecule has 0 saturated carbocycles. The fraction of sp³-hybridized carbons (Fsp3) is 0.222. The molecule has 0 spiro atoms. The molecule has 1 aromatic rings. The predicted molar refractivity (Wildman–Crippen MR) is 56.7 cm³/mol. The van der Waals surface area contributed by atoms with Gasteiger partial charge in [0.15, 0.2) is 0 Å². The van der Waals surface area contributed by atoms with Gasteiger partial charge in [0.05, 0.1) is 6.54 Å². The van der Waals surface area contributed by atoms with Gasteiger partial charge in [0.1, 0.15) is 5.82 Å². The first-order chi connectivity index (χ1) is 6.61. The average Bonchev–Trinajstić information content (AvgIpc) is 2.12. The van der Waals surface area contributed by atoms with Crippen molar-refractivity contribution >= 4 is 27.5 Å². The molecule has 5 heteroatoms. The number of hydrogen-bond acceptors (Lipinski definition) is 2. The van der Waals surface area contributed by atoms with Crippen LogP contribution >= 0.6 is 15.9 Å². The molecule has 1 aromatic carbocycles. The van der Waals surface area contributed by atoms with Gasteiger partial charge in [0, 0.05) is 17.2 Å². The quantitative estimate of drug-likeness (QED) is 0.870. The van der Waals surface area contributed by atoms with Crippen LogP contribution in [0.25, 0.3) is 0 Å². The zero-order valence-corrected chi connectivity index (χ0v) is 9.19. The predicted octanol–water partition coefficient (Wildman–Crippen LogP) is 1.75. The largest absolute Gasteiger partial charge is 0.376 e. The van der Waals surface area contributed by atoms with Crippen molar-refractivity contribution in [2.24, 2.45) is 0 Å². The summed E-state index contributed by atoms with van der Waals surface area (Å²) in [5.74, 6) is -0.496. The fourth-order valence-corrected chi connectivity index (χ4v) is 1.39. The first-order valence-corrected chi connectivity index (χ1v) is 4.81. The molecule has 0 bridgehead atoms. The number of carbonyl (C=O) groups is 1. The summed E-state index contributed by atoms with van der Waals surface area (Å²) in [6.07, 6.45) is 0. The summed E-state index contributed by atoms with van der Waals surface area (Å²) in [4.78, 5) is 10.9. The molecule has 0 unspecified atom stereocenters. The minimum atomic E-state index is -0.348. The Morgan fingerprint density at radius 2 is 2.21 bits per heavy atom. The smallest absolute Gasteiger partial charge is 0.239 e. The van der Waals surface area contributed by atoms with Crippen LogP contribution in [-0.2, 0) is 4.79 Å². The van der Waals surface area contributed by atoms with Crippen LogP contribution in [-0.4, -0.2) is 19.5 Å². The second-order valence-corrected chi connectivity index (χ2v) is 3.60. The molecule has 0 aliphatic carbocycles. The maximum absolute atomic E-state index is 12.9. The molecule has 1 rings (SSSR count). The molecule has 0 atom stereocenters. The van der Waals surface area contributed by atoms with E-state index in [1.165, 1.54) is 12.1 Å². The highest BCUT2D eigenvalue weighted by molar-refractivity contribution is 9.10. The maximum Gasteiger partial charge on any atom is 0.239 e. The number of halogens is 2. The zero-order chi connectivity index (χ0) is 10.6. The minimum absolute atomic E-state index is 0.131. The van der Waals surface area contributed by atoms with Crippen molar-refractivity contribution in [2.75, 3.05) is 18.9 Å². The molecule has 2 N–H and O–H groups in total. The highest BCUT2D eigenvalue weighted by Crippen LogP contribution is 2.18. The molecular formula is C9H10BrFN2O. The topological polar surface area (TPSA) is 41.1 Å². The molecule has 76 valence electrons. The first-order valence-electron chi connectivity index (χ1n) is 4.02. The van der Waals surface area contributed by atoms with E-state index in [-0.39, 0.29) is 18.3 Å². The molecule has 0 saturated heterocycles. The number of benzene rings is 1. The van der Waals surface area contributed by atoms with E-state index in [4.69, 9.17) is 0 Å². The first kappa shape index (κ1) is 11.0. The van der Waals surface area contributed by atoms with Gasteiger partial charge in [-0.25, -0.2) is 4.39 Å². The highest BCUT2D eigenvalue weighted by atomic mass is 79.9. The van der Waals surface area contributed by atoms with E-state index in [1.54, 1.807) is 13.1 Å². The van der Waals surface area contributed by atoms with E-state index in [0.717, 1.165) is 0 Å². The van der Waals surface area contributed by atoms with Gasteiger partial charge in [0.25, 0.3) is 0 Å². The minimum Gasteiger partial charge on any atom is -0.376 e. The number of rotatable bonds is 3. The Hall–Kier alpha value is -1.10. The fourth-order valence-electron chi connectivity index (χ4n) is 0.927. The van der Waals surface area contributed by atoms with Crippen LogP contribution in [0.4, 0.5) is 10.1 Å². The Labute approximate surface area is 89.8 Å². The molecule has 3 nitrogen and oxygen atoms in total. The van der Waals surface area contributed by atoms with E-state index in [9.17, 15) is 9.18 Å². The highest BCUT2D eigenvalue weighted by Gasteiger charge is 2.00. The van der Waals surface area contributed by atoms with E-state index in [0.29, 0.717) is 10.2 Å². The Kier molecular flexibility index (Phi) is 3.88. The zero-order valence-electron chi connectivity index (χ0n) is 7.60. The van der Waals surface area contributed by atoms with Gasteiger partial charge in [-0.05, 0) is 18.2 Å². The summed E-state index contributed by atoms with van der Waals surface area (Å²) < 4.78 is 13.5. The molecule has 0 aliphatic rings. The third-order valence-electron chi connectivity index (χ3n) is 1.59. The standard InChI is InChI=1S/C9H10BrFN2O/c1-12-9(14)5-13-8-3-6(10)2-7(11)4-8/h2-4,13H,5H2,1H3,(H,12,14). The van der Waals surface area contributed by atoms with Gasteiger partial charge < -0.3 is 10.6 Å². The monoisotopic (exact) mass is 260 g/mol. The van der Waals surface area contributed by atoms with Crippen molar-refractivity contribution in [3.63, 3.8) is 0 Å². The lowest BCUT2D eigenvalue weighted by Crippen LogP contribution is -2.26. The molecule has 14 heavy (non-hydrogen) atoms. The Morgan fingerprint density at radius 3 is 2.79 bits per heavy atom. The molecule has 1 amide bonds. The van der Waals surface area contributed by atoms with Gasteiger partial charge in [-0.2, -0.15) is 0 Å². The SMILES string of the molecule is CNC(=O)CNc1cc(F)cc(Br)c1. The molecular weight excluding hydrogens is 251 g/mol. The second-order valence-electron chi connectivity index (χ2n) is 2.68. The number of nitrogens with one attached hydrogen (secondary N) is 2. The third kappa shape index (κ3) is 3.33. The Bertz CT molecular complexity index is 323. The maximum atomic E-state index is 12.9. The second kappa shape index (κ2) is 4.95. The van der Waals surface area contributed by atoms with E-state index >= 15 is 0 Å².